The van der Waals surface area contributed by atoms with Gasteiger partial charge in [0.2, 0.25) is 0 Å². The average molecular weight is 575 g/mol. The van der Waals surface area contributed by atoms with Crippen molar-refractivity contribution in [2.75, 3.05) is 42.7 Å². The van der Waals surface area contributed by atoms with Gasteiger partial charge in [0, 0.05) is 50.6 Å². The lowest BCUT2D eigenvalue weighted by molar-refractivity contribution is 0.0997. The number of phenolic OH excluding ortho intramolecular Hbond substituents is 1. The van der Waals surface area contributed by atoms with E-state index in [2.05, 4.69) is 4.98 Å². The van der Waals surface area contributed by atoms with Gasteiger partial charge >= 0.3 is 6.01 Å². The van der Waals surface area contributed by atoms with E-state index in [1.165, 1.54) is 12.1 Å². The van der Waals surface area contributed by atoms with E-state index in [9.17, 15) is 14.3 Å². The topological polar surface area (TPSA) is 106 Å². The predicted octanol–water partition coefficient (Wildman–Crippen LogP) is 4.51. The quantitative estimate of drug-likeness (QED) is 0.344. The van der Waals surface area contributed by atoms with E-state index >= 15 is 0 Å². The van der Waals surface area contributed by atoms with Crippen molar-refractivity contribution in [3.8, 4) is 11.8 Å². The van der Waals surface area contributed by atoms with Crippen LogP contribution in [0, 0.1) is 5.82 Å². The minimum atomic E-state index is -0.430. The lowest BCUT2D eigenvalue weighted by atomic mass is 9.94. The van der Waals surface area contributed by atoms with Gasteiger partial charge in [-0.1, -0.05) is 13.0 Å². The van der Waals surface area contributed by atoms with E-state index in [1.807, 2.05) is 43.5 Å². The number of carbonyl (C=O) groups is 1. The second kappa shape index (κ2) is 10.9. The summed E-state index contributed by atoms with van der Waals surface area (Å²) in [5, 5.41) is 11.8. The van der Waals surface area contributed by atoms with E-state index in [-0.39, 0.29) is 36.6 Å². The molecule has 10 nitrogen and oxygen atoms in total. The van der Waals surface area contributed by atoms with Gasteiger partial charge in [0.05, 0.1) is 29.9 Å². The highest BCUT2D eigenvalue weighted by molar-refractivity contribution is 6.16. The van der Waals surface area contributed by atoms with Crippen LogP contribution in [0.5, 0.6) is 11.8 Å². The van der Waals surface area contributed by atoms with Gasteiger partial charge in [-0.2, -0.15) is 9.97 Å². The number of aryl methyl sites for hydroxylation is 2. The van der Waals surface area contributed by atoms with E-state index in [4.69, 9.17) is 19.4 Å². The standard InChI is InChI=1S/C31H35FN6O4/c1-5-21-22(32)8-7-19-15-20(39)16-24(25(19)21)38-17-23-26(28(38)40)27(37-10-6-13-41-14-12-37)35-30(34-23)42-18-31(2,3)29-33-9-11-36(29)4/h7-9,11,15-16,39H,5-6,10,12-14,17-18H2,1-4H3. The molecule has 0 aliphatic carbocycles. The highest BCUT2D eigenvalue weighted by Crippen LogP contribution is 2.41. The van der Waals surface area contributed by atoms with Crippen LogP contribution in [0.3, 0.4) is 0 Å². The van der Waals surface area contributed by atoms with Crippen LogP contribution < -0.4 is 14.5 Å². The first-order chi connectivity index (χ1) is 20.2. The van der Waals surface area contributed by atoms with Gasteiger partial charge in [0.15, 0.2) is 0 Å². The van der Waals surface area contributed by atoms with Crippen LogP contribution in [0.1, 0.15) is 54.6 Å². The number of aromatic nitrogens is 4. The van der Waals surface area contributed by atoms with Crippen LogP contribution in [0.2, 0.25) is 0 Å². The summed E-state index contributed by atoms with van der Waals surface area (Å²) in [6.07, 6.45) is 4.86. The molecule has 4 heterocycles. The van der Waals surface area contributed by atoms with Crippen molar-refractivity contribution in [1.29, 1.82) is 0 Å². The molecular weight excluding hydrogens is 539 g/mol. The molecule has 1 saturated heterocycles. The number of ether oxygens (including phenoxy) is 2. The second-order valence-corrected chi connectivity index (χ2v) is 11.5. The largest absolute Gasteiger partial charge is 0.508 e. The summed E-state index contributed by atoms with van der Waals surface area (Å²) in [6.45, 7) is 8.72. The molecule has 0 atom stereocenters. The molecule has 2 aromatic carbocycles. The maximum absolute atomic E-state index is 14.9. The molecule has 2 aliphatic rings. The van der Waals surface area contributed by atoms with Gasteiger partial charge < -0.3 is 28.9 Å². The van der Waals surface area contributed by atoms with E-state index in [0.29, 0.717) is 71.8 Å². The summed E-state index contributed by atoms with van der Waals surface area (Å²) in [6, 6.07) is 6.30. The number of hydrogen-bond acceptors (Lipinski definition) is 8. The zero-order valence-electron chi connectivity index (χ0n) is 24.4. The number of anilines is 2. The zero-order valence-corrected chi connectivity index (χ0v) is 24.4. The van der Waals surface area contributed by atoms with Gasteiger partial charge in [-0.3, -0.25) is 4.79 Å². The molecule has 1 fully saturated rings. The number of rotatable bonds is 7. The number of carbonyl (C=O) groups excluding carboxylic acids is 1. The summed E-state index contributed by atoms with van der Waals surface area (Å²) in [7, 11) is 1.94. The number of nitrogens with zero attached hydrogens (tertiary/aromatic N) is 6. The van der Waals surface area contributed by atoms with E-state index in [0.717, 1.165) is 12.2 Å². The Labute approximate surface area is 243 Å². The minimum Gasteiger partial charge on any atom is -0.508 e. The first-order valence-electron chi connectivity index (χ1n) is 14.3. The number of imidazole rings is 1. The Bertz CT molecular complexity index is 1660. The smallest absolute Gasteiger partial charge is 0.318 e. The molecule has 0 saturated carbocycles. The Morgan fingerprint density at radius 1 is 1.17 bits per heavy atom. The molecule has 2 aliphatic heterocycles. The molecule has 1 amide bonds. The number of hydrogen-bond donors (Lipinski definition) is 1. The van der Waals surface area contributed by atoms with Crippen LogP contribution in [0.4, 0.5) is 15.9 Å². The van der Waals surface area contributed by atoms with Gasteiger partial charge in [-0.25, -0.2) is 9.37 Å². The number of benzene rings is 2. The molecule has 220 valence electrons. The summed E-state index contributed by atoms with van der Waals surface area (Å²) < 4.78 is 28.8. The van der Waals surface area contributed by atoms with Gasteiger partial charge in [0.1, 0.15) is 35.4 Å². The maximum Gasteiger partial charge on any atom is 0.318 e. The summed E-state index contributed by atoms with van der Waals surface area (Å²) in [5.41, 5.74) is 1.40. The Hall–Kier alpha value is -4.25. The normalized spacial score (nSPS) is 15.8. The zero-order chi connectivity index (χ0) is 29.6. The Morgan fingerprint density at radius 2 is 2.00 bits per heavy atom. The fourth-order valence-electron chi connectivity index (χ4n) is 5.97. The van der Waals surface area contributed by atoms with Crippen LogP contribution >= 0.6 is 0 Å². The van der Waals surface area contributed by atoms with Gasteiger partial charge in [-0.15, -0.1) is 0 Å². The van der Waals surface area contributed by atoms with Crippen molar-refractivity contribution in [2.45, 2.75) is 45.6 Å². The molecule has 0 radical (unpaired) electrons. The van der Waals surface area contributed by atoms with Crippen LogP contribution in [-0.2, 0) is 30.2 Å². The number of aromatic hydroxyl groups is 1. The monoisotopic (exact) mass is 574 g/mol. The van der Waals surface area contributed by atoms with Crippen LogP contribution in [0.15, 0.2) is 36.7 Å². The first-order valence-corrected chi connectivity index (χ1v) is 14.3. The van der Waals surface area contributed by atoms with Gasteiger partial charge in [0.25, 0.3) is 5.91 Å². The van der Waals surface area contributed by atoms with E-state index in [1.54, 1.807) is 23.2 Å². The number of halogens is 1. The molecule has 4 aromatic rings. The molecule has 42 heavy (non-hydrogen) atoms. The fraction of sp³-hybridized carbons (Fsp3) is 0.419. The van der Waals surface area contributed by atoms with Crippen molar-refractivity contribution < 1.29 is 23.8 Å². The number of fused-ring (bicyclic) bond motifs is 2. The Morgan fingerprint density at radius 3 is 2.76 bits per heavy atom. The SMILES string of the molecule is CCc1c(F)ccc2cc(O)cc(N3Cc4nc(OCC(C)(C)c5nccn5C)nc(N5CCCOCC5)c4C3=O)c12. The highest BCUT2D eigenvalue weighted by Gasteiger charge is 2.38. The summed E-state index contributed by atoms with van der Waals surface area (Å²) in [4.78, 5) is 31.7. The van der Waals surface area contributed by atoms with Crippen molar-refractivity contribution in [3.05, 3.63) is 65.1 Å². The Balaban J connectivity index is 1.42. The molecule has 0 bridgehead atoms. The molecular formula is C31H35FN6O4. The third-order valence-corrected chi connectivity index (χ3v) is 8.00. The second-order valence-electron chi connectivity index (χ2n) is 11.5. The fourth-order valence-corrected chi connectivity index (χ4v) is 5.97. The molecule has 2 aromatic heterocycles. The van der Waals surface area contributed by atoms with Crippen molar-refractivity contribution in [1.82, 2.24) is 19.5 Å². The predicted molar refractivity (Wildman–Crippen MR) is 157 cm³/mol. The highest BCUT2D eigenvalue weighted by atomic mass is 19.1. The molecule has 11 heteroatoms. The minimum absolute atomic E-state index is 0.00793. The number of phenols is 1. The third-order valence-electron chi connectivity index (χ3n) is 8.00. The first kappa shape index (κ1) is 27.9. The van der Waals surface area contributed by atoms with E-state index < -0.39 is 5.41 Å². The van der Waals surface area contributed by atoms with Crippen molar-refractivity contribution in [2.24, 2.45) is 7.05 Å². The average Bonchev–Trinajstić information content (AvgIpc) is 3.43. The maximum atomic E-state index is 14.9. The summed E-state index contributed by atoms with van der Waals surface area (Å²) >= 11 is 0. The van der Waals surface area contributed by atoms with Crippen molar-refractivity contribution >= 4 is 28.2 Å². The lowest BCUT2D eigenvalue weighted by Gasteiger charge is -2.25. The van der Waals surface area contributed by atoms with Gasteiger partial charge in [-0.05, 0) is 49.8 Å². The summed E-state index contributed by atoms with van der Waals surface area (Å²) in [5.74, 6) is 0.700. The molecule has 1 N–H and O–H groups in total. The third kappa shape index (κ3) is 4.91. The number of amides is 1. The van der Waals surface area contributed by atoms with Crippen LogP contribution in [-0.4, -0.2) is 63.4 Å². The molecule has 6 rings (SSSR count). The van der Waals surface area contributed by atoms with Crippen molar-refractivity contribution in [3.63, 3.8) is 0 Å². The van der Waals surface area contributed by atoms with Crippen LogP contribution in [0.25, 0.3) is 10.8 Å². The Kier molecular flexibility index (Phi) is 7.22. The molecule has 0 spiro atoms. The molecule has 0 unspecified atom stereocenters. The lowest BCUT2D eigenvalue weighted by Crippen LogP contribution is -2.31.